The maximum absolute atomic E-state index is 11.0. The first-order chi connectivity index (χ1) is 7.49. The first-order valence-electron chi connectivity index (χ1n) is 4.59. The van der Waals surface area contributed by atoms with Gasteiger partial charge >= 0.3 is 41.5 Å². The molecule has 0 fully saturated rings. The SMILES string of the molecule is CC(=O)OC(=O)COc1ccc(Cl)cc1C.[NaH]. The monoisotopic (exact) mass is 266 g/mol. The summed E-state index contributed by atoms with van der Waals surface area (Å²) in [5.41, 5.74) is 0.808. The standard InChI is InChI=1S/C11H11ClO4.Na.H/c1-7-5-9(12)3-4-10(7)15-6-11(14)16-8(2)13;;/h3-5H,6H2,1-2H3;;. The van der Waals surface area contributed by atoms with Crippen molar-refractivity contribution in [3.05, 3.63) is 28.8 Å². The van der Waals surface area contributed by atoms with Crippen LogP contribution in [-0.2, 0) is 14.3 Å². The minimum absolute atomic E-state index is 0. The summed E-state index contributed by atoms with van der Waals surface area (Å²) in [6.07, 6.45) is 0. The number of aryl methyl sites for hydroxylation is 1. The zero-order valence-electron chi connectivity index (χ0n) is 8.95. The molecule has 0 saturated heterocycles. The molecule has 0 heterocycles. The molecule has 0 N–H and O–H groups in total. The van der Waals surface area contributed by atoms with E-state index in [1.165, 1.54) is 0 Å². The Morgan fingerprint density at radius 1 is 1.35 bits per heavy atom. The van der Waals surface area contributed by atoms with Gasteiger partial charge in [0.2, 0.25) is 0 Å². The van der Waals surface area contributed by atoms with Gasteiger partial charge in [0.1, 0.15) is 5.75 Å². The summed E-state index contributed by atoms with van der Waals surface area (Å²) >= 11 is 5.76. The molecule has 1 aromatic carbocycles. The van der Waals surface area contributed by atoms with Crippen molar-refractivity contribution in [2.45, 2.75) is 13.8 Å². The number of ether oxygens (including phenoxy) is 2. The summed E-state index contributed by atoms with van der Waals surface area (Å²) in [5.74, 6) is -0.840. The van der Waals surface area contributed by atoms with Crippen LogP contribution < -0.4 is 4.74 Å². The summed E-state index contributed by atoms with van der Waals surface area (Å²) in [7, 11) is 0. The Kier molecular flexibility index (Phi) is 7.46. The molecule has 0 bridgehead atoms. The Morgan fingerprint density at radius 3 is 2.53 bits per heavy atom. The topological polar surface area (TPSA) is 52.6 Å². The Morgan fingerprint density at radius 2 is 2.00 bits per heavy atom. The third-order valence-corrected chi connectivity index (χ3v) is 1.98. The second-order valence-corrected chi connectivity index (χ2v) is 3.60. The summed E-state index contributed by atoms with van der Waals surface area (Å²) < 4.78 is 9.48. The van der Waals surface area contributed by atoms with Crippen molar-refractivity contribution in [2.75, 3.05) is 6.61 Å². The summed E-state index contributed by atoms with van der Waals surface area (Å²) in [6.45, 7) is 2.66. The molecule has 0 radical (unpaired) electrons. The molecule has 6 heteroatoms. The van der Waals surface area contributed by atoms with E-state index in [0.29, 0.717) is 10.8 Å². The van der Waals surface area contributed by atoms with Crippen LogP contribution in [0.4, 0.5) is 0 Å². The molecular formula is C11H12ClNaO4. The van der Waals surface area contributed by atoms with Crippen molar-refractivity contribution in [3.8, 4) is 5.75 Å². The Balaban J connectivity index is 0.00000256. The fourth-order valence-corrected chi connectivity index (χ4v) is 1.33. The number of esters is 2. The zero-order valence-corrected chi connectivity index (χ0v) is 9.71. The average Bonchev–Trinajstić information content (AvgIpc) is 2.15. The molecule has 1 aromatic rings. The Hall–Kier alpha value is -0.550. The van der Waals surface area contributed by atoms with E-state index in [-0.39, 0.29) is 36.2 Å². The van der Waals surface area contributed by atoms with E-state index in [4.69, 9.17) is 16.3 Å². The summed E-state index contributed by atoms with van der Waals surface area (Å²) in [5, 5.41) is 0.594. The first kappa shape index (κ1) is 16.4. The van der Waals surface area contributed by atoms with Crippen LogP contribution in [0, 0.1) is 6.92 Å². The molecule has 0 aromatic heterocycles. The fraction of sp³-hybridized carbons (Fsp3) is 0.273. The van der Waals surface area contributed by atoms with Crippen molar-refractivity contribution in [3.63, 3.8) is 0 Å². The first-order valence-corrected chi connectivity index (χ1v) is 4.97. The van der Waals surface area contributed by atoms with E-state index in [9.17, 15) is 9.59 Å². The molecular weight excluding hydrogens is 255 g/mol. The Bertz CT molecular complexity index is 420. The van der Waals surface area contributed by atoms with Gasteiger partial charge in [-0.3, -0.25) is 4.79 Å². The van der Waals surface area contributed by atoms with Crippen molar-refractivity contribution in [1.29, 1.82) is 0 Å². The van der Waals surface area contributed by atoms with Gasteiger partial charge in [-0.05, 0) is 30.7 Å². The maximum atomic E-state index is 11.0. The average molecular weight is 267 g/mol. The number of rotatable bonds is 3. The molecule has 0 aliphatic carbocycles. The molecule has 0 atom stereocenters. The molecule has 0 unspecified atom stereocenters. The number of halogens is 1. The van der Waals surface area contributed by atoms with Crippen molar-refractivity contribution >= 4 is 53.1 Å². The molecule has 17 heavy (non-hydrogen) atoms. The van der Waals surface area contributed by atoms with Gasteiger partial charge in [-0.15, -0.1) is 0 Å². The molecule has 0 aliphatic rings. The third-order valence-electron chi connectivity index (χ3n) is 1.74. The van der Waals surface area contributed by atoms with Crippen molar-refractivity contribution in [2.24, 2.45) is 0 Å². The molecule has 1 rings (SSSR count). The molecule has 0 aliphatic heterocycles. The van der Waals surface area contributed by atoms with Crippen LogP contribution in [0.15, 0.2) is 18.2 Å². The van der Waals surface area contributed by atoms with Gasteiger partial charge in [0.25, 0.3) is 0 Å². The predicted octanol–water partition coefficient (Wildman–Crippen LogP) is 1.47. The third kappa shape index (κ3) is 6.07. The van der Waals surface area contributed by atoms with E-state index >= 15 is 0 Å². The number of carbonyl (C=O) groups excluding carboxylic acids is 2. The zero-order chi connectivity index (χ0) is 12.1. The number of hydrogen-bond acceptors (Lipinski definition) is 4. The molecule has 88 valence electrons. The number of benzene rings is 1. The van der Waals surface area contributed by atoms with Gasteiger partial charge in [0.05, 0.1) is 0 Å². The van der Waals surface area contributed by atoms with Gasteiger partial charge in [0, 0.05) is 11.9 Å². The second kappa shape index (κ2) is 7.71. The van der Waals surface area contributed by atoms with Crippen LogP contribution in [0.2, 0.25) is 5.02 Å². The predicted molar refractivity (Wildman–Crippen MR) is 65.6 cm³/mol. The Labute approximate surface area is 127 Å². The molecule has 0 amide bonds. The van der Waals surface area contributed by atoms with Crippen LogP contribution >= 0.6 is 11.6 Å². The number of hydrogen-bond donors (Lipinski definition) is 0. The van der Waals surface area contributed by atoms with Gasteiger partial charge < -0.3 is 9.47 Å². The van der Waals surface area contributed by atoms with Crippen molar-refractivity contribution < 1.29 is 19.1 Å². The van der Waals surface area contributed by atoms with Crippen LogP contribution in [-0.4, -0.2) is 48.1 Å². The van der Waals surface area contributed by atoms with Gasteiger partial charge in [-0.2, -0.15) is 0 Å². The number of carbonyl (C=O) groups is 2. The molecule has 4 nitrogen and oxygen atoms in total. The molecule has 0 spiro atoms. The van der Waals surface area contributed by atoms with Crippen LogP contribution in [0.3, 0.4) is 0 Å². The van der Waals surface area contributed by atoms with Crippen LogP contribution in [0.1, 0.15) is 12.5 Å². The van der Waals surface area contributed by atoms with Crippen LogP contribution in [0.5, 0.6) is 5.75 Å². The van der Waals surface area contributed by atoms with E-state index in [0.717, 1.165) is 12.5 Å². The van der Waals surface area contributed by atoms with Crippen LogP contribution in [0.25, 0.3) is 0 Å². The normalized spacial score (nSPS) is 9.12. The molecule has 0 saturated carbocycles. The minimum atomic E-state index is -0.721. The van der Waals surface area contributed by atoms with E-state index in [1.807, 2.05) is 0 Å². The quantitative estimate of drug-likeness (QED) is 0.472. The van der Waals surface area contributed by atoms with Gasteiger partial charge in [-0.1, -0.05) is 11.6 Å². The van der Waals surface area contributed by atoms with Crippen molar-refractivity contribution in [1.82, 2.24) is 0 Å². The van der Waals surface area contributed by atoms with E-state index in [2.05, 4.69) is 4.74 Å². The van der Waals surface area contributed by atoms with E-state index < -0.39 is 11.9 Å². The van der Waals surface area contributed by atoms with E-state index in [1.54, 1.807) is 25.1 Å². The fourth-order valence-electron chi connectivity index (χ4n) is 1.10. The summed E-state index contributed by atoms with van der Waals surface area (Å²) in [4.78, 5) is 21.5. The van der Waals surface area contributed by atoms with Gasteiger partial charge in [-0.25, -0.2) is 4.79 Å². The second-order valence-electron chi connectivity index (χ2n) is 3.16. The van der Waals surface area contributed by atoms with Gasteiger partial charge in [0.15, 0.2) is 6.61 Å². The summed E-state index contributed by atoms with van der Waals surface area (Å²) in [6, 6.07) is 5.02.